The third kappa shape index (κ3) is 4.08. The van der Waals surface area contributed by atoms with Crippen molar-refractivity contribution in [3.8, 4) is 0 Å². The smallest absolute Gasteiger partial charge is 0.404 e. The van der Waals surface area contributed by atoms with E-state index in [9.17, 15) is 9.90 Å². The van der Waals surface area contributed by atoms with Crippen LogP contribution in [-0.2, 0) is 0 Å². The first kappa shape index (κ1) is 12.8. The molecule has 0 aliphatic heterocycles. The Morgan fingerprint density at radius 3 is 2.50 bits per heavy atom. The number of benzene rings is 1. The van der Waals surface area contributed by atoms with Crippen LogP contribution in [0.2, 0.25) is 5.02 Å². The molecule has 2 unspecified atom stereocenters. The predicted octanol–water partition coefficient (Wildman–Crippen LogP) is 2.42. The summed E-state index contributed by atoms with van der Waals surface area (Å²) in [5.74, 6) is 0. The molecular formula is C11H14ClNO3. The average Bonchev–Trinajstić information content (AvgIpc) is 2.16. The summed E-state index contributed by atoms with van der Waals surface area (Å²) in [5, 5.41) is 21.2. The van der Waals surface area contributed by atoms with Crippen molar-refractivity contribution in [1.82, 2.24) is 5.32 Å². The van der Waals surface area contributed by atoms with Gasteiger partial charge in [-0.1, -0.05) is 23.7 Å². The highest BCUT2D eigenvalue weighted by Gasteiger charge is 2.13. The van der Waals surface area contributed by atoms with Gasteiger partial charge in [0.1, 0.15) is 0 Å². The second kappa shape index (κ2) is 5.72. The quantitative estimate of drug-likeness (QED) is 0.761. The summed E-state index contributed by atoms with van der Waals surface area (Å²) in [6.45, 7) is 1.70. The van der Waals surface area contributed by atoms with Crippen LogP contribution in [0.5, 0.6) is 0 Å². The Balaban J connectivity index is 2.54. The van der Waals surface area contributed by atoms with Crippen molar-refractivity contribution in [1.29, 1.82) is 0 Å². The molecule has 0 spiro atoms. The Bertz CT molecular complexity index is 353. The van der Waals surface area contributed by atoms with E-state index < -0.39 is 12.2 Å². The van der Waals surface area contributed by atoms with Crippen molar-refractivity contribution in [2.24, 2.45) is 0 Å². The van der Waals surface area contributed by atoms with Gasteiger partial charge in [-0.25, -0.2) is 4.79 Å². The maximum absolute atomic E-state index is 10.4. The molecule has 0 saturated heterocycles. The number of nitrogens with one attached hydrogen (secondary N) is 1. The zero-order valence-corrected chi connectivity index (χ0v) is 9.61. The highest BCUT2D eigenvalue weighted by Crippen LogP contribution is 2.20. The zero-order valence-electron chi connectivity index (χ0n) is 8.85. The Morgan fingerprint density at radius 2 is 2.00 bits per heavy atom. The molecule has 4 nitrogen and oxygen atoms in total. The van der Waals surface area contributed by atoms with Gasteiger partial charge in [0.25, 0.3) is 0 Å². The summed E-state index contributed by atoms with van der Waals surface area (Å²) in [4.78, 5) is 10.4. The van der Waals surface area contributed by atoms with Crippen LogP contribution in [0.4, 0.5) is 4.79 Å². The molecule has 0 fully saturated rings. The Morgan fingerprint density at radius 1 is 1.44 bits per heavy atom. The Labute approximate surface area is 98.9 Å². The minimum absolute atomic E-state index is 0.303. The van der Waals surface area contributed by atoms with Gasteiger partial charge >= 0.3 is 6.09 Å². The Kier molecular flexibility index (Phi) is 4.58. The largest absolute Gasteiger partial charge is 0.465 e. The SMILES string of the molecule is CC(CC(O)c1ccc(Cl)cc1)NC(=O)O. The van der Waals surface area contributed by atoms with Crippen molar-refractivity contribution in [2.45, 2.75) is 25.5 Å². The van der Waals surface area contributed by atoms with Crippen molar-refractivity contribution < 1.29 is 15.0 Å². The number of hydrogen-bond acceptors (Lipinski definition) is 2. The van der Waals surface area contributed by atoms with Crippen molar-refractivity contribution in [2.75, 3.05) is 0 Å². The summed E-state index contributed by atoms with van der Waals surface area (Å²) < 4.78 is 0. The fraction of sp³-hybridized carbons (Fsp3) is 0.364. The van der Waals surface area contributed by atoms with Gasteiger partial charge in [0.05, 0.1) is 6.10 Å². The van der Waals surface area contributed by atoms with Crippen LogP contribution >= 0.6 is 11.6 Å². The van der Waals surface area contributed by atoms with Gasteiger partial charge in [0, 0.05) is 11.1 Å². The van der Waals surface area contributed by atoms with E-state index in [1.165, 1.54) is 0 Å². The normalized spacial score (nSPS) is 14.2. The number of halogens is 1. The molecule has 3 N–H and O–H groups in total. The zero-order chi connectivity index (χ0) is 12.1. The number of amides is 1. The van der Waals surface area contributed by atoms with E-state index in [2.05, 4.69) is 5.32 Å². The summed E-state index contributed by atoms with van der Waals surface area (Å²) in [6.07, 6.45) is -1.46. The maximum Gasteiger partial charge on any atom is 0.404 e. The fourth-order valence-electron chi connectivity index (χ4n) is 1.43. The third-order valence-corrected chi connectivity index (χ3v) is 2.45. The summed E-state index contributed by atoms with van der Waals surface area (Å²) in [5.41, 5.74) is 0.725. The lowest BCUT2D eigenvalue weighted by Gasteiger charge is -2.16. The second-order valence-corrected chi connectivity index (χ2v) is 4.09. The first-order valence-electron chi connectivity index (χ1n) is 4.92. The van der Waals surface area contributed by atoms with Crippen LogP contribution in [-0.4, -0.2) is 22.3 Å². The van der Waals surface area contributed by atoms with Crippen LogP contribution in [0.3, 0.4) is 0 Å². The topological polar surface area (TPSA) is 69.6 Å². The van der Waals surface area contributed by atoms with Gasteiger partial charge in [-0.2, -0.15) is 0 Å². The molecule has 0 heterocycles. The standard InChI is InChI=1S/C11H14ClNO3/c1-7(13-11(15)16)6-10(14)8-2-4-9(12)5-3-8/h2-5,7,10,13-14H,6H2,1H3,(H,15,16). The molecule has 0 saturated carbocycles. The number of aliphatic hydroxyl groups excluding tert-OH is 1. The molecule has 1 rings (SSSR count). The van der Waals surface area contributed by atoms with E-state index in [0.717, 1.165) is 5.56 Å². The molecule has 0 radical (unpaired) electrons. The maximum atomic E-state index is 10.4. The van der Waals surface area contributed by atoms with Crippen molar-refractivity contribution in [3.05, 3.63) is 34.9 Å². The van der Waals surface area contributed by atoms with Crippen LogP contribution in [0.1, 0.15) is 25.0 Å². The summed E-state index contributed by atoms with van der Waals surface area (Å²) in [7, 11) is 0. The number of rotatable bonds is 4. The van der Waals surface area contributed by atoms with Gasteiger partial charge in [-0.05, 0) is 31.0 Å². The molecule has 0 aliphatic rings. The molecule has 0 aliphatic carbocycles. The van der Waals surface area contributed by atoms with Crippen LogP contribution in [0, 0.1) is 0 Å². The molecule has 0 aromatic heterocycles. The fourth-order valence-corrected chi connectivity index (χ4v) is 1.55. The number of carbonyl (C=O) groups is 1. The molecule has 1 amide bonds. The van der Waals surface area contributed by atoms with E-state index in [1.807, 2.05) is 0 Å². The average molecular weight is 244 g/mol. The minimum Gasteiger partial charge on any atom is -0.465 e. The molecule has 88 valence electrons. The summed E-state index contributed by atoms with van der Waals surface area (Å²) >= 11 is 5.72. The van der Waals surface area contributed by atoms with Gasteiger partial charge in [-0.3, -0.25) is 0 Å². The van der Waals surface area contributed by atoms with E-state index >= 15 is 0 Å². The lowest BCUT2D eigenvalue weighted by molar-refractivity contribution is 0.148. The van der Waals surface area contributed by atoms with Crippen molar-refractivity contribution >= 4 is 17.7 Å². The van der Waals surface area contributed by atoms with E-state index in [4.69, 9.17) is 16.7 Å². The van der Waals surface area contributed by atoms with Crippen molar-refractivity contribution in [3.63, 3.8) is 0 Å². The Hall–Kier alpha value is -1.26. The molecule has 2 atom stereocenters. The lowest BCUT2D eigenvalue weighted by Crippen LogP contribution is -2.32. The first-order chi connectivity index (χ1) is 7.49. The lowest BCUT2D eigenvalue weighted by atomic mass is 10.0. The van der Waals surface area contributed by atoms with Crippen LogP contribution in [0.15, 0.2) is 24.3 Å². The van der Waals surface area contributed by atoms with Gasteiger partial charge in [-0.15, -0.1) is 0 Å². The summed E-state index contributed by atoms with van der Waals surface area (Å²) in [6, 6.07) is 6.52. The minimum atomic E-state index is -1.09. The van der Waals surface area contributed by atoms with E-state index in [0.29, 0.717) is 11.4 Å². The highest BCUT2D eigenvalue weighted by molar-refractivity contribution is 6.30. The highest BCUT2D eigenvalue weighted by atomic mass is 35.5. The number of carboxylic acid groups (broad SMARTS) is 1. The molecule has 5 heteroatoms. The molecule has 1 aromatic rings. The number of aliphatic hydroxyl groups is 1. The number of hydrogen-bond donors (Lipinski definition) is 3. The molecular weight excluding hydrogens is 230 g/mol. The molecule has 16 heavy (non-hydrogen) atoms. The first-order valence-corrected chi connectivity index (χ1v) is 5.30. The van der Waals surface area contributed by atoms with Gasteiger partial charge < -0.3 is 15.5 Å². The van der Waals surface area contributed by atoms with Crippen LogP contribution in [0.25, 0.3) is 0 Å². The predicted molar refractivity (Wildman–Crippen MR) is 61.7 cm³/mol. The monoisotopic (exact) mass is 243 g/mol. The van der Waals surface area contributed by atoms with Crippen LogP contribution < -0.4 is 5.32 Å². The molecule has 1 aromatic carbocycles. The second-order valence-electron chi connectivity index (χ2n) is 3.65. The van der Waals surface area contributed by atoms with Gasteiger partial charge in [0.15, 0.2) is 0 Å². The third-order valence-electron chi connectivity index (χ3n) is 2.20. The van der Waals surface area contributed by atoms with E-state index in [-0.39, 0.29) is 6.04 Å². The van der Waals surface area contributed by atoms with E-state index in [1.54, 1.807) is 31.2 Å². The van der Waals surface area contributed by atoms with Gasteiger partial charge in [0.2, 0.25) is 0 Å². The molecule has 0 bridgehead atoms.